The molecule has 2 N–H and O–H groups in total. The maximum atomic E-state index is 5.54. The zero-order valence-corrected chi connectivity index (χ0v) is 13.4. The Morgan fingerprint density at radius 3 is 2.42 bits per heavy atom. The van der Waals surface area contributed by atoms with Gasteiger partial charge in [-0.05, 0) is 26.2 Å². The summed E-state index contributed by atoms with van der Waals surface area (Å²) >= 11 is 0. The molecule has 0 aliphatic carbocycles. The first kappa shape index (κ1) is 18.2. The van der Waals surface area contributed by atoms with Crippen LogP contribution in [0.4, 0.5) is 0 Å². The number of guanidine groups is 1. The van der Waals surface area contributed by atoms with Gasteiger partial charge in [0.1, 0.15) is 0 Å². The molecule has 5 heteroatoms. The van der Waals surface area contributed by atoms with Gasteiger partial charge in [-0.3, -0.25) is 4.99 Å². The van der Waals surface area contributed by atoms with E-state index in [1.807, 2.05) is 13.8 Å². The maximum absolute atomic E-state index is 5.54. The highest BCUT2D eigenvalue weighted by Gasteiger charge is 2.16. The third kappa shape index (κ3) is 10.8. The van der Waals surface area contributed by atoms with Crippen LogP contribution < -0.4 is 10.6 Å². The number of aliphatic imine (C=N–C) groups is 1. The van der Waals surface area contributed by atoms with Crippen molar-refractivity contribution >= 4 is 5.96 Å². The zero-order chi connectivity index (χ0) is 14.7. The molecular weight excluding hydrogens is 242 g/mol. The lowest BCUT2D eigenvalue weighted by atomic mass is 10.1. The molecule has 19 heavy (non-hydrogen) atoms. The normalized spacial score (nSPS) is 12.9. The van der Waals surface area contributed by atoms with Crippen LogP contribution in [0.15, 0.2) is 4.99 Å². The van der Waals surface area contributed by atoms with Gasteiger partial charge < -0.3 is 20.1 Å². The fraction of sp³-hybridized carbons (Fsp3) is 0.929. The number of nitrogens with zero attached hydrogens (tertiary/aromatic N) is 1. The molecule has 0 saturated heterocycles. The van der Waals surface area contributed by atoms with Gasteiger partial charge in [-0.15, -0.1) is 0 Å². The molecule has 0 aliphatic rings. The molecular formula is C14H31N3O2. The summed E-state index contributed by atoms with van der Waals surface area (Å²) in [6, 6.07) is 0. The van der Waals surface area contributed by atoms with Gasteiger partial charge in [0.15, 0.2) is 5.96 Å². The van der Waals surface area contributed by atoms with Crippen LogP contribution in [-0.2, 0) is 9.47 Å². The Morgan fingerprint density at radius 1 is 1.21 bits per heavy atom. The molecule has 0 unspecified atom stereocenters. The van der Waals surface area contributed by atoms with Crippen LogP contribution in [-0.4, -0.2) is 52.0 Å². The van der Waals surface area contributed by atoms with Gasteiger partial charge >= 0.3 is 0 Å². The van der Waals surface area contributed by atoms with E-state index in [1.54, 1.807) is 14.2 Å². The average molecular weight is 273 g/mol. The van der Waals surface area contributed by atoms with Crippen molar-refractivity contribution in [1.29, 1.82) is 0 Å². The van der Waals surface area contributed by atoms with Gasteiger partial charge in [-0.25, -0.2) is 0 Å². The zero-order valence-electron chi connectivity index (χ0n) is 13.4. The highest BCUT2D eigenvalue weighted by Crippen LogP contribution is 2.04. The smallest absolute Gasteiger partial charge is 0.191 e. The highest BCUT2D eigenvalue weighted by molar-refractivity contribution is 5.79. The summed E-state index contributed by atoms with van der Waals surface area (Å²) in [5.41, 5.74) is -0.203. The first-order valence-electron chi connectivity index (χ1n) is 6.98. The van der Waals surface area contributed by atoms with Crippen LogP contribution in [0.2, 0.25) is 0 Å². The molecule has 0 heterocycles. The molecule has 0 aromatic rings. The molecule has 114 valence electrons. The third-order valence-electron chi connectivity index (χ3n) is 2.84. The predicted molar refractivity (Wildman–Crippen MR) is 80.7 cm³/mol. The topological polar surface area (TPSA) is 54.9 Å². The van der Waals surface area contributed by atoms with Crippen molar-refractivity contribution in [2.75, 3.05) is 40.5 Å². The van der Waals surface area contributed by atoms with E-state index in [0.717, 1.165) is 25.5 Å². The molecule has 5 nitrogen and oxygen atoms in total. The van der Waals surface area contributed by atoms with Crippen molar-refractivity contribution in [3.63, 3.8) is 0 Å². The van der Waals surface area contributed by atoms with E-state index in [2.05, 4.69) is 29.5 Å². The minimum atomic E-state index is -0.203. The molecule has 0 spiro atoms. The molecule has 0 amide bonds. The van der Waals surface area contributed by atoms with Crippen molar-refractivity contribution in [2.45, 2.75) is 39.7 Å². The van der Waals surface area contributed by atoms with E-state index in [-0.39, 0.29) is 5.60 Å². The minimum absolute atomic E-state index is 0.203. The Balaban J connectivity index is 3.67. The quantitative estimate of drug-likeness (QED) is 0.381. The molecule has 0 fully saturated rings. The predicted octanol–water partition coefficient (Wildman–Crippen LogP) is 1.64. The van der Waals surface area contributed by atoms with E-state index in [9.17, 15) is 0 Å². The SMILES string of the molecule is CN=C(NCCOCCC(C)C)NCC(C)(C)OC. The summed E-state index contributed by atoms with van der Waals surface area (Å²) in [5.74, 6) is 1.47. The van der Waals surface area contributed by atoms with Crippen LogP contribution in [0, 0.1) is 5.92 Å². The fourth-order valence-electron chi connectivity index (χ4n) is 1.25. The lowest BCUT2D eigenvalue weighted by Crippen LogP contribution is -2.46. The number of methoxy groups -OCH3 is 1. The van der Waals surface area contributed by atoms with Gasteiger partial charge in [0.05, 0.1) is 12.2 Å². The van der Waals surface area contributed by atoms with E-state index in [4.69, 9.17) is 9.47 Å². The Labute approximate surface area is 118 Å². The summed E-state index contributed by atoms with van der Waals surface area (Å²) in [6.07, 6.45) is 1.11. The second kappa shape index (κ2) is 10.0. The van der Waals surface area contributed by atoms with E-state index >= 15 is 0 Å². The van der Waals surface area contributed by atoms with Crippen molar-refractivity contribution in [1.82, 2.24) is 10.6 Å². The van der Waals surface area contributed by atoms with Crippen molar-refractivity contribution in [3.8, 4) is 0 Å². The number of ether oxygens (including phenoxy) is 2. The molecule has 0 rings (SSSR count). The summed E-state index contributed by atoms with van der Waals surface area (Å²) in [6.45, 7) is 11.4. The first-order chi connectivity index (χ1) is 8.91. The minimum Gasteiger partial charge on any atom is -0.380 e. The second-order valence-electron chi connectivity index (χ2n) is 5.61. The van der Waals surface area contributed by atoms with Crippen LogP contribution in [0.5, 0.6) is 0 Å². The van der Waals surface area contributed by atoms with Crippen molar-refractivity contribution in [2.24, 2.45) is 10.9 Å². The summed E-state index contributed by atoms with van der Waals surface area (Å²) < 4.78 is 10.9. The molecule has 0 bridgehead atoms. The average Bonchev–Trinajstić information content (AvgIpc) is 2.36. The summed E-state index contributed by atoms with van der Waals surface area (Å²) in [5, 5.41) is 6.44. The van der Waals surface area contributed by atoms with Gasteiger partial charge in [-0.2, -0.15) is 0 Å². The van der Waals surface area contributed by atoms with E-state index in [1.165, 1.54) is 0 Å². The van der Waals surface area contributed by atoms with Gasteiger partial charge in [0.2, 0.25) is 0 Å². The molecule has 0 atom stereocenters. The van der Waals surface area contributed by atoms with Crippen molar-refractivity contribution < 1.29 is 9.47 Å². The van der Waals surface area contributed by atoms with Gasteiger partial charge in [-0.1, -0.05) is 13.8 Å². The number of rotatable bonds is 9. The second-order valence-corrected chi connectivity index (χ2v) is 5.61. The monoisotopic (exact) mass is 273 g/mol. The Morgan fingerprint density at radius 2 is 1.89 bits per heavy atom. The highest BCUT2D eigenvalue weighted by atomic mass is 16.5. The molecule has 0 aromatic heterocycles. The number of hydrogen-bond acceptors (Lipinski definition) is 3. The van der Waals surface area contributed by atoms with Crippen molar-refractivity contribution in [3.05, 3.63) is 0 Å². The molecule has 0 aromatic carbocycles. The lowest BCUT2D eigenvalue weighted by Gasteiger charge is -2.24. The van der Waals surface area contributed by atoms with E-state index < -0.39 is 0 Å². The Hall–Kier alpha value is -0.810. The maximum Gasteiger partial charge on any atom is 0.191 e. The van der Waals surface area contributed by atoms with Gasteiger partial charge in [0, 0.05) is 33.9 Å². The Bertz CT molecular complexity index is 253. The first-order valence-corrected chi connectivity index (χ1v) is 6.98. The van der Waals surface area contributed by atoms with Crippen LogP contribution in [0.3, 0.4) is 0 Å². The van der Waals surface area contributed by atoms with E-state index in [0.29, 0.717) is 19.1 Å². The molecule has 0 radical (unpaired) electrons. The molecule has 0 aliphatic heterocycles. The van der Waals surface area contributed by atoms with Crippen LogP contribution in [0.25, 0.3) is 0 Å². The lowest BCUT2D eigenvalue weighted by molar-refractivity contribution is 0.0268. The van der Waals surface area contributed by atoms with Crippen LogP contribution >= 0.6 is 0 Å². The third-order valence-corrected chi connectivity index (χ3v) is 2.84. The summed E-state index contributed by atoms with van der Waals surface area (Å²) in [4.78, 5) is 4.15. The largest absolute Gasteiger partial charge is 0.380 e. The number of hydrogen-bond donors (Lipinski definition) is 2. The van der Waals surface area contributed by atoms with Crippen LogP contribution in [0.1, 0.15) is 34.1 Å². The number of nitrogens with one attached hydrogen (secondary N) is 2. The molecule has 0 saturated carbocycles. The summed E-state index contributed by atoms with van der Waals surface area (Å²) in [7, 11) is 3.47. The standard InChI is InChI=1S/C14H31N3O2/c1-12(2)7-9-19-10-8-16-13(15-5)17-11-14(3,4)18-6/h12H,7-11H2,1-6H3,(H2,15,16,17). The fourth-order valence-corrected chi connectivity index (χ4v) is 1.25. The Kier molecular flexibility index (Phi) is 9.61. The van der Waals surface area contributed by atoms with Gasteiger partial charge in [0.25, 0.3) is 0 Å².